The molecule has 1 heterocycles. The summed E-state index contributed by atoms with van der Waals surface area (Å²) in [5.74, 6) is -2.00. The Morgan fingerprint density at radius 3 is 2.67 bits per heavy atom. The maximum Gasteiger partial charge on any atom is 0.315 e. The molecule has 1 aliphatic rings. The summed E-state index contributed by atoms with van der Waals surface area (Å²) in [6.07, 6.45) is -1.92. The van der Waals surface area contributed by atoms with Crippen molar-refractivity contribution in [3.05, 3.63) is 35.9 Å². The monoisotopic (exact) mass is 357 g/mol. The van der Waals surface area contributed by atoms with Gasteiger partial charge >= 0.3 is 5.97 Å². The minimum absolute atomic E-state index is 0.0766. The lowest BCUT2D eigenvalue weighted by atomic mass is 9.83. The number of carboxylic acid groups (broad SMARTS) is 1. The molecule has 4 nitrogen and oxygen atoms in total. The van der Waals surface area contributed by atoms with Crippen molar-refractivity contribution in [2.24, 2.45) is 5.41 Å². The minimum atomic E-state index is -2.00. The van der Waals surface area contributed by atoms with Gasteiger partial charge in [-0.3, -0.25) is 9.59 Å². The fourth-order valence-electron chi connectivity index (χ4n) is 2.74. The maximum absolute atomic E-state index is 14.4. The number of rotatable bonds is 5. The van der Waals surface area contributed by atoms with Crippen LogP contribution in [0.5, 0.6) is 0 Å². The molecule has 1 N–H and O–H groups in total. The molecule has 6 heteroatoms. The molecule has 1 aliphatic heterocycles. The fraction of sp³-hybridized carbons (Fsp3) is 0.467. The first-order chi connectivity index (χ1) is 9.94. The first-order valence-corrected chi connectivity index (χ1v) is 7.85. The van der Waals surface area contributed by atoms with E-state index < -0.39 is 23.5 Å². The highest BCUT2D eigenvalue weighted by Crippen LogP contribution is 2.41. The lowest BCUT2D eigenvalue weighted by molar-refractivity contribution is -0.152. The predicted molar refractivity (Wildman–Crippen MR) is 79.9 cm³/mol. The number of alkyl halides is 2. The number of hydrogen-bond acceptors (Lipinski definition) is 2. The molecule has 0 aromatic heterocycles. The third kappa shape index (κ3) is 2.69. The van der Waals surface area contributed by atoms with Gasteiger partial charge in [0.1, 0.15) is 5.41 Å². The summed E-state index contributed by atoms with van der Waals surface area (Å²) in [6, 6.07) is 8.86. The third-order valence-corrected chi connectivity index (χ3v) is 4.55. The van der Waals surface area contributed by atoms with Crippen LogP contribution in [0.1, 0.15) is 24.9 Å². The van der Waals surface area contributed by atoms with Crippen LogP contribution < -0.4 is 0 Å². The molecule has 0 spiro atoms. The second kappa shape index (κ2) is 6.13. The summed E-state index contributed by atoms with van der Waals surface area (Å²) in [4.78, 5) is 25.1. The van der Waals surface area contributed by atoms with E-state index in [-0.39, 0.29) is 19.0 Å². The fourth-order valence-corrected chi connectivity index (χ4v) is 3.45. The lowest BCUT2D eigenvalue weighted by Gasteiger charge is -2.27. The van der Waals surface area contributed by atoms with E-state index >= 15 is 0 Å². The van der Waals surface area contributed by atoms with E-state index in [1.807, 2.05) is 30.3 Å². The van der Waals surface area contributed by atoms with Gasteiger partial charge in [0.15, 0.2) is 6.17 Å². The lowest BCUT2D eigenvalue weighted by Crippen LogP contribution is -2.41. The van der Waals surface area contributed by atoms with Crippen LogP contribution in [-0.4, -0.2) is 39.9 Å². The van der Waals surface area contributed by atoms with Crippen molar-refractivity contribution in [3.63, 3.8) is 0 Å². The summed E-state index contributed by atoms with van der Waals surface area (Å²) in [7, 11) is 0. The SMILES string of the molecule is C[C@H](c1ccccc1)N1C[C@@](CCBr)(C(=O)O)C(F)C1=O. The molecule has 114 valence electrons. The number of carbonyl (C=O) groups excluding carboxylic acids is 1. The van der Waals surface area contributed by atoms with Crippen LogP contribution >= 0.6 is 15.9 Å². The highest BCUT2D eigenvalue weighted by molar-refractivity contribution is 9.09. The molecule has 0 aliphatic carbocycles. The first-order valence-electron chi connectivity index (χ1n) is 6.73. The molecule has 1 saturated heterocycles. The summed E-state index contributed by atoms with van der Waals surface area (Å²) in [6.45, 7) is 1.68. The van der Waals surface area contributed by atoms with Crippen molar-refractivity contribution >= 4 is 27.8 Å². The number of hydrogen-bond donors (Lipinski definition) is 1. The van der Waals surface area contributed by atoms with Crippen molar-refractivity contribution < 1.29 is 19.1 Å². The second-order valence-corrected chi connectivity index (χ2v) is 6.11. The quantitative estimate of drug-likeness (QED) is 0.824. The van der Waals surface area contributed by atoms with Crippen LogP contribution in [-0.2, 0) is 9.59 Å². The smallest absolute Gasteiger partial charge is 0.315 e. The van der Waals surface area contributed by atoms with Crippen LogP contribution in [0.3, 0.4) is 0 Å². The number of carboxylic acids is 1. The Labute approximate surface area is 131 Å². The number of amides is 1. The third-order valence-electron chi connectivity index (χ3n) is 4.15. The van der Waals surface area contributed by atoms with Crippen molar-refractivity contribution in [3.8, 4) is 0 Å². The number of nitrogens with zero attached hydrogens (tertiary/aromatic N) is 1. The highest BCUT2D eigenvalue weighted by Gasteiger charge is 2.58. The average Bonchev–Trinajstić information content (AvgIpc) is 2.74. The summed E-state index contributed by atoms with van der Waals surface area (Å²) in [5, 5.41) is 9.75. The van der Waals surface area contributed by atoms with Crippen molar-refractivity contribution in [2.45, 2.75) is 25.6 Å². The van der Waals surface area contributed by atoms with Gasteiger partial charge in [-0.25, -0.2) is 4.39 Å². The molecule has 21 heavy (non-hydrogen) atoms. The Morgan fingerprint density at radius 2 is 2.14 bits per heavy atom. The Bertz CT molecular complexity index is 539. The van der Waals surface area contributed by atoms with Crippen molar-refractivity contribution in [1.82, 2.24) is 4.90 Å². The van der Waals surface area contributed by atoms with Gasteiger partial charge in [0, 0.05) is 11.9 Å². The molecule has 1 fully saturated rings. The van der Waals surface area contributed by atoms with Crippen molar-refractivity contribution in [2.75, 3.05) is 11.9 Å². The molecule has 0 saturated carbocycles. The summed E-state index contributed by atoms with van der Waals surface area (Å²) < 4.78 is 14.4. The molecule has 1 amide bonds. The van der Waals surface area contributed by atoms with Gasteiger partial charge in [0.2, 0.25) is 0 Å². The molecule has 2 rings (SSSR count). The molecular formula is C15H17BrFNO3. The van der Waals surface area contributed by atoms with E-state index in [1.54, 1.807) is 6.92 Å². The molecule has 0 radical (unpaired) electrons. The standard InChI is InChI=1S/C15H17BrFNO3/c1-10(11-5-3-2-4-6-11)18-9-15(7-8-16,14(20)21)12(17)13(18)19/h2-6,10,12H,7-9H2,1H3,(H,20,21)/t10-,12?,15-/m1/s1. The van der Waals surface area contributed by atoms with E-state index in [1.165, 1.54) is 4.90 Å². The average molecular weight is 358 g/mol. The van der Waals surface area contributed by atoms with E-state index in [4.69, 9.17) is 0 Å². The number of likely N-dealkylation sites (tertiary alicyclic amines) is 1. The van der Waals surface area contributed by atoms with Gasteiger partial charge in [0.25, 0.3) is 5.91 Å². The molecule has 3 atom stereocenters. The number of halogens is 2. The van der Waals surface area contributed by atoms with Crippen LogP contribution in [0.2, 0.25) is 0 Å². The van der Waals surface area contributed by atoms with Gasteiger partial charge in [-0.15, -0.1) is 0 Å². The normalized spacial score (nSPS) is 26.9. The number of benzene rings is 1. The summed E-state index contributed by atoms with van der Waals surface area (Å²) in [5.41, 5.74) is -0.804. The summed E-state index contributed by atoms with van der Waals surface area (Å²) >= 11 is 3.15. The molecule has 1 unspecified atom stereocenters. The Kier molecular flexibility index (Phi) is 4.66. The van der Waals surface area contributed by atoms with E-state index in [2.05, 4.69) is 15.9 Å². The zero-order valence-corrected chi connectivity index (χ0v) is 13.2. The molecule has 1 aromatic carbocycles. The highest BCUT2D eigenvalue weighted by atomic mass is 79.9. The zero-order valence-electron chi connectivity index (χ0n) is 11.6. The number of carbonyl (C=O) groups is 2. The topological polar surface area (TPSA) is 57.6 Å². The molecular weight excluding hydrogens is 341 g/mol. The van der Waals surface area contributed by atoms with E-state index in [0.29, 0.717) is 5.33 Å². The van der Waals surface area contributed by atoms with Crippen LogP contribution in [0.4, 0.5) is 4.39 Å². The van der Waals surface area contributed by atoms with Crippen molar-refractivity contribution in [1.29, 1.82) is 0 Å². The van der Waals surface area contributed by atoms with Crippen LogP contribution in [0, 0.1) is 5.41 Å². The number of aliphatic carboxylic acids is 1. The van der Waals surface area contributed by atoms with Gasteiger partial charge in [-0.2, -0.15) is 0 Å². The largest absolute Gasteiger partial charge is 0.481 e. The Balaban J connectivity index is 2.31. The Morgan fingerprint density at radius 1 is 1.52 bits per heavy atom. The second-order valence-electron chi connectivity index (χ2n) is 5.32. The maximum atomic E-state index is 14.4. The van der Waals surface area contributed by atoms with E-state index in [0.717, 1.165) is 5.56 Å². The van der Waals surface area contributed by atoms with Gasteiger partial charge in [-0.1, -0.05) is 46.3 Å². The van der Waals surface area contributed by atoms with Gasteiger partial charge in [0.05, 0.1) is 6.04 Å². The minimum Gasteiger partial charge on any atom is -0.481 e. The molecule has 1 aromatic rings. The predicted octanol–water partition coefficient (Wildman–Crippen LogP) is 2.78. The zero-order chi connectivity index (χ0) is 15.6. The van der Waals surface area contributed by atoms with Gasteiger partial charge < -0.3 is 10.0 Å². The van der Waals surface area contributed by atoms with E-state index in [9.17, 15) is 19.1 Å². The van der Waals surface area contributed by atoms with Gasteiger partial charge in [-0.05, 0) is 18.9 Å². The molecule has 0 bridgehead atoms. The Hall–Kier alpha value is -1.43. The van der Waals surface area contributed by atoms with Crippen LogP contribution in [0.15, 0.2) is 30.3 Å². The van der Waals surface area contributed by atoms with Crippen LogP contribution in [0.25, 0.3) is 0 Å². The first kappa shape index (κ1) is 15.9.